The Morgan fingerprint density at radius 3 is 2.55 bits per heavy atom. The molecule has 5 rings (SSSR count). The average molecular weight is 539 g/mol. The van der Waals surface area contributed by atoms with Gasteiger partial charge in [0.2, 0.25) is 0 Å². The van der Waals surface area contributed by atoms with Gasteiger partial charge in [-0.15, -0.1) is 0 Å². The standard InChI is InChI=1S/C29H28ClFN2O5/c1-36-21-13-20(14-22(15-21)38-10-9-34)33-29(35,25-8-5-18(30)11-27(25)37-2)28(17-3-4-17)24-16-32-26-12-19(31)6-7-23(24)26/h5-8,11-16,32-35H,3-4,9-10H2,1-2H3. The molecule has 0 spiro atoms. The summed E-state index contributed by atoms with van der Waals surface area (Å²) in [6.45, 7) is -0.0492. The lowest BCUT2D eigenvalue weighted by atomic mass is 9.87. The third-order valence-corrected chi connectivity index (χ3v) is 6.72. The number of ether oxygens (including phenoxy) is 3. The zero-order valence-electron chi connectivity index (χ0n) is 21.0. The molecule has 1 aromatic heterocycles. The van der Waals surface area contributed by atoms with Gasteiger partial charge in [0.15, 0.2) is 5.72 Å². The van der Waals surface area contributed by atoms with E-state index in [2.05, 4.69) is 10.3 Å². The number of fused-ring (bicyclic) bond motifs is 1. The molecule has 1 aliphatic carbocycles. The van der Waals surface area contributed by atoms with Gasteiger partial charge < -0.3 is 34.7 Å². The van der Waals surface area contributed by atoms with Crippen molar-refractivity contribution >= 4 is 33.8 Å². The number of anilines is 1. The molecule has 1 fully saturated rings. The van der Waals surface area contributed by atoms with Crippen LogP contribution in [0.2, 0.25) is 5.02 Å². The summed E-state index contributed by atoms with van der Waals surface area (Å²) < 4.78 is 30.7. The fourth-order valence-corrected chi connectivity index (χ4v) is 4.87. The molecule has 9 heteroatoms. The van der Waals surface area contributed by atoms with Crippen LogP contribution in [0, 0.1) is 5.82 Å². The molecule has 1 atom stereocenters. The first kappa shape index (κ1) is 25.9. The Morgan fingerprint density at radius 1 is 1.05 bits per heavy atom. The lowest BCUT2D eigenvalue weighted by Crippen LogP contribution is -2.37. The molecular weight excluding hydrogens is 511 g/mol. The molecule has 198 valence electrons. The number of aromatic amines is 1. The number of benzene rings is 3. The minimum absolute atomic E-state index is 0.100. The van der Waals surface area contributed by atoms with Crippen LogP contribution in [0.25, 0.3) is 16.5 Å². The van der Waals surface area contributed by atoms with E-state index in [-0.39, 0.29) is 19.0 Å². The first-order valence-corrected chi connectivity index (χ1v) is 12.5. The Hall–Kier alpha value is -3.72. The quantitative estimate of drug-likeness (QED) is 0.189. The molecule has 3 aromatic carbocycles. The molecule has 0 amide bonds. The van der Waals surface area contributed by atoms with Crippen LogP contribution in [-0.4, -0.2) is 42.6 Å². The highest BCUT2D eigenvalue weighted by Gasteiger charge is 2.42. The van der Waals surface area contributed by atoms with E-state index in [1.807, 2.05) is 0 Å². The molecule has 0 radical (unpaired) electrons. The maximum absolute atomic E-state index is 14.0. The van der Waals surface area contributed by atoms with Gasteiger partial charge in [0, 0.05) is 57.1 Å². The lowest BCUT2D eigenvalue weighted by Gasteiger charge is -2.35. The van der Waals surface area contributed by atoms with E-state index in [4.69, 9.17) is 25.8 Å². The SMILES string of the molecule is COc1cc(NC(O)(C(=C2CC2)c2c[nH]c3cc(F)ccc23)c2ccc(Cl)cc2OC)cc(OCCO)c1. The fraction of sp³-hybridized carbons (Fsp3) is 0.241. The van der Waals surface area contributed by atoms with Crippen molar-refractivity contribution in [3.63, 3.8) is 0 Å². The molecule has 4 aromatic rings. The van der Waals surface area contributed by atoms with Crippen LogP contribution in [0.4, 0.5) is 10.1 Å². The Labute approximate surface area is 224 Å². The largest absolute Gasteiger partial charge is 0.497 e. The molecular formula is C29H28ClFN2O5. The van der Waals surface area contributed by atoms with Gasteiger partial charge in [-0.05, 0) is 49.2 Å². The highest BCUT2D eigenvalue weighted by molar-refractivity contribution is 6.30. The summed E-state index contributed by atoms with van der Waals surface area (Å²) in [6, 6.07) is 14.7. The molecule has 0 saturated heterocycles. The van der Waals surface area contributed by atoms with Crippen molar-refractivity contribution in [2.75, 3.05) is 32.8 Å². The summed E-state index contributed by atoms with van der Waals surface area (Å²) >= 11 is 6.27. The summed E-state index contributed by atoms with van der Waals surface area (Å²) in [5, 5.41) is 26.5. The van der Waals surface area contributed by atoms with Crippen molar-refractivity contribution < 1.29 is 28.8 Å². The van der Waals surface area contributed by atoms with Gasteiger partial charge in [0.25, 0.3) is 0 Å². The molecule has 7 nitrogen and oxygen atoms in total. The molecule has 4 N–H and O–H groups in total. The Kier molecular flexibility index (Phi) is 7.21. The molecule has 1 unspecified atom stereocenters. The molecule has 1 heterocycles. The predicted octanol–water partition coefficient (Wildman–Crippen LogP) is 5.85. The maximum atomic E-state index is 14.0. The van der Waals surface area contributed by atoms with Crippen LogP contribution in [0.5, 0.6) is 17.2 Å². The number of H-pyrrole nitrogens is 1. The zero-order chi connectivity index (χ0) is 26.9. The van der Waals surface area contributed by atoms with Crippen LogP contribution in [0.15, 0.2) is 66.4 Å². The second kappa shape index (κ2) is 10.6. The summed E-state index contributed by atoms with van der Waals surface area (Å²) in [6.07, 6.45) is 3.37. The monoisotopic (exact) mass is 538 g/mol. The summed E-state index contributed by atoms with van der Waals surface area (Å²) in [4.78, 5) is 3.14. The number of hydrogen-bond donors (Lipinski definition) is 4. The van der Waals surface area contributed by atoms with Crippen molar-refractivity contribution in [3.8, 4) is 17.2 Å². The normalized spacial score (nSPS) is 14.2. The third kappa shape index (κ3) is 5.03. The average Bonchev–Trinajstić information content (AvgIpc) is 3.66. The minimum atomic E-state index is -1.80. The van der Waals surface area contributed by atoms with E-state index in [0.717, 1.165) is 29.4 Å². The summed E-state index contributed by atoms with van der Waals surface area (Å²) in [5.41, 5.74) is 2.17. The maximum Gasteiger partial charge on any atom is 0.193 e. The van der Waals surface area contributed by atoms with Crippen LogP contribution in [0.1, 0.15) is 24.0 Å². The second-order valence-corrected chi connectivity index (χ2v) is 9.46. The summed E-state index contributed by atoms with van der Waals surface area (Å²) in [5.74, 6) is 0.980. The number of aromatic nitrogens is 1. The van der Waals surface area contributed by atoms with Crippen LogP contribution < -0.4 is 19.5 Å². The number of aliphatic hydroxyl groups is 2. The number of halogens is 2. The Morgan fingerprint density at radius 2 is 1.84 bits per heavy atom. The fourth-order valence-electron chi connectivity index (χ4n) is 4.70. The number of rotatable bonds is 10. The van der Waals surface area contributed by atoms with E-state index in [0.29, 0.717) is 44.6 Å². The van der Waals surface area contributed by atoms with E-state index in [9.17, 15) is 14.6 Å². The van der Waals surface area contributed by atoms with Crippen LogP contribution >= 0.6 is 11.6 Å². The van der Waals surface area contributed by atoms with Crippen molar-refractivity contribution in [3.05, 3.63) is 88.3 Å². The van der Waals surface area contributed by atoms with Crippen LogP contribution in [0.3, 0.4) is 0 Å². The zero-order valence-corrected chi connectivity index (χ0v) is 21.7. The second-order valence-electron chi connectivity index (χ2n) is 9.02. The van der Waals surface area contributed by atoms with Crippen molar-refractivity contribution in [2.45, 2.75) is 18.6 Å². The van der Waals surface area contributed by atoms with E-state index >= 15 is 0 Å². The summed E-state index contributed by atoms with van der Waals surface area (Å²) in [7, 11) is 3.05. The van der Waals surface area contributed by atoms with E-state index in [1.165, 1.54) is 26.4 Å². The predicted molar refractivity (Wildman–Crippen MR) is 146 cm³/mol. The van der Waals surface area contributed by atoms with Crippen molar-refractivity contribution in [1.29, 1.82) is 0 Å². The number of methoxy groups -OCH3 is 2. The highest BCUT2D eigenvalue weighted by atomic mass is 35.5. The van der Waals surface area contributed by atoms with Gasteiger partial charge in [0.1, 0.15) is 29.7 Å². The van der Waals surface area contributed by atoms with Crippen molar-refractivity contribution in [2.24, 2.45) is 0 Å². The molecule has 38 heavy (non-hydrogen) atoms. The molecule has 0 aliphatic heterocycles. The number of hydrogen-bond acceptors (Lipinski definition) is 6. The Balaban J connectivity index is 1.72. The lowest BCUT2D eigenvalue weighted by molar-refractivity contribution is 0.128. The van der Waals surface area contributed by atoms with Crippen molar-refractivity contribution in [1.82, 2.24) is 4.98 Å². The molecule has 1 aliphatic rings. The number of allylic oxidation sites excluding steroid dienone is 1. The first-order chi connectivity index (χ1) is 18.4. The molecule has 1 saturated carbocycles. The Bertz CT molecular complexity index is 1510. The highest BCUT2D eigenvalue weighted by Crippen LogP contribution is 2.50. The van der Waals surface area contributed by atoms with Gasteiger partial charge in [-0.1, -0.05) is 17.2 Å². The number of nitrogens with one attached hydrogen (secondary N) is 2. The van der Waals surface area contributed by atoms with Gasteiger partial charge in [-0.2, -0.15) is 0 Å². The van der Waals surface area contributed by atoms with Gasteiger partial charge >= 0.3 is 0 Å². The van der Waals surface area contributed by atoms with E-state index < -0.39 is 5.72 Å². The van der Waals surface area contributed by atoms with Gasteiger partial charge in [-0.25, -0.2) is 4.39 Å². The van der Waals surface area contributed by atoms with E-state index in [1.54, 1.807) is 48.7 Å². The molecule has 0 bridgehead atoms. The number of aliphatic hydroxyl groups excluding tert-OH is 1. The smallest absolute Gasteiger partial charge is 0.193 e. The third-order valence-electron chi connectivity index (χ3n) is 6.48. The van der Waals surface area contributed by atoms with Gasteiger partial charge in [-0.3, -0.25) is 0 Å². The first-order valence-electron chi connectivity index (χ1n) is 12.1. The minimum Gasteiger partial charge on any atom is -0.497 e. The topological polar surface area (TPSA) is 96.0 Å². The van der Waals surface area contributed by atoms with Crippen LogP contribution in [-0.2, 0) is 5.72 Å². The van der Waals surface area contributed by atoms with Gasteiger partial charge in [0.05, 0.1) is 26.4 Å².